The van der Waals surface area contributed by atoms with Crippen LogP contribution in [-0.4, -0.2) is 24.9 Å². The van der Waals surface area contributed by atoms with Crippen molar-refractivity contribution in [2.75, 3.05) is 19.8 Å². The molecule has 0 aromatic heterocycles. The fourth-order valence-electron chi connectivity index (χ4n) is 2.72. The van der Waals surface area contributed by atoms with Crippen molar-refractivity contribution in [3.63, 3.8) is 0 Å². The second kappa shape index (κ2) is 5.00. The number of nitrogens with two attached hydrogens (primary N) is 1. The summed E-state index contributed by atoms with van der Waals surface area (Å²) >= 11 is 0. The van der Waals surface area contributed by atoms with Gasteiger partial charge in [0.1, 0.15) is 0 Å². The van der Waals surface area contributed by atoms with Crippen molar-refractivity contribution < 1.29 is 9.84 Å². The van der Waals surface area contributed by atoms with E-state index in [4.69, 9.17) is 10.5 Å². The molecule has 2 unspecified atom stereocenters. The maximum atomic E-state index is 10.7. The number of aliphatic hydroxyl groups is 1. The summed E-state index contributed by atoms with van der Waals surface area (Å²) in [5.41, 5.74) is 10.2. The molecule has 0 bridgehead atoms. The summed E-state index contributed by atoms with van der Waals surface area (Å²) in [6.45, 7) is 7.92. The first-order valence-corrected chi connectivity index (χ1v) is 6.54. The first-order valence-electron chi connectivity index (χ1n) is 6.54. The highest BCUT2D eigenvalue weighted by atomic mass is 16.5. The van der Waals surface area contributed by atoms with E-state index in [0.29, 0.717) is 19.8 Å². The van der Waals surface area contributed by atoms with E-state index >= 15 is 0 Å². The van der Waals surface area contributed by atoms with Crippen LogP contribution >= 0.6 is 0 Å². The molecule has 3 heteroatoms. The summed E-state index contributed by atoms with van der Waals surface area (Å²) < 4.78 is 5.45. The molecule has 2 atom stereocenters. The van der Waals surface area contributed by atoms with Gasteiger partial charge >= 0.3 is 0 Å². The van der Waals surface area contributed by atoms with Crippen molar-refractivity contribution in [2.45, 2.75) is 33.3 Å². The predicted molar refractivity (Wildman–Crippen MR) is 72.5 cm³/mol. The van der Waals surface area contributed by atoms with Gasteiger partial charge in [-0.3, -0.25) is 0 Å². The minimum absolute atomic E-state index is 0.313. The van der Waals surface area contributed by atoms with Crippen molar-refractivity contribution in [1.29, 1.82) is 0 Å². The molecule has 3 nitrogen and oxygen atoms in total. The number of hydrogen-bond donors (Lipinski definition) is 2. The molecule has 1 aromatic carbocycles. The van der Waals surface area contributed by atoms with Gasteiger partial charge in [0.25, 0.3) is 0 Å². The summed E-state index contributed by atoms with van der Waals surface area (Å²) in [4.78, 5) is 0. The molecule has 1 fully saturated rings. The molecule has 18 heavy (non-hydrogen) atoms. The van der Waals surface area contributed by atoms with Crippen LogP contribution in [0, 0.1) is 26.2 Å². The predicted octanol–water partition coefficient (Wildman–Crippen LogP) is 2.01. The lowest BCUT2D eigenvalue weighted by Gasteiger charge is -2.32. The van der Waals surface area contributed by atoms with Crippen molar-refractivity contribution in [3.05, 3.63) is 34.4 Å². The van der Waals surface area contributed by atoms with E-state index in [9.17, 15) is 5.11 Å². The van der Waals surface area contributed by atoms with Gasteiger partial charge in [-0.25, -0.2) is 0 Å². The Hall–Kier alpha value is -0.900. The molecule has 1 aliphatic heterocycles. The molecule has 0 spiro atoms. The minimum atomic E-state index is -0.538. The summed E-state index contributed by atoms with van der Waals surface area (Å²) in [6.07, 6.45) is 0.293. The van der Waals surface area contributed by atoms with Crippen LogP contribution < -0.4 is 5.73 Å². The van der Waals surface area contributed by atoms with E-state index in [1.54, 1.807) is 0 Å². The molecule has 1 aromatic rings. The Morgan fingerprint density at radius 2 is 1.94 bits per heavy atom. The van der Waals surface area contributed by atoms with E-state index in [2.05, 4.69) is 26.0 Å². The lowest BCUT2D eigenvalue weighted by Crippen LogP contribution is -2.37. The van der Waals surface area contributed by atoms with Crippen molar-refractivity contribution in [1.82, 2.24) is 0 Å². The van der Waals surface area contributed by atoms with E-state index in [-0.39, 0.29) is 5.41 Å². The van der Waals surface area contributed by atoms with Crippen LogP contribution in [0.3, 0.4) is 0 Å². The Morgan fingerprint density at radius 3 is 2.50 bits per heavy atom. The van der Waals surface area contributed by atoms with E-state index in [0.717, 1.165) is 17.5 Å². The van der Waals surface area contributed by atoms with Gasteiger partial charge in [0.15, 0.2) is 0 Å². The van der Waals surface area contributed by atoms with E-state index in [1.165, 1.54) is 11.1 Å². The normalized spacial score (nSPS) is 25.4. The molecular formula is C15H23NO2. The average molecular weight is 249 g/mol. The SMILES string of the molecule is Cc1cc(C)c(C(O)C2(CN)CCOC2)cc1C. The summed E-state index contributed by atoms with van der Waals surface area (Å²) in [6, 6.07) is 4.22. The third kappa shape index (κ3) is 2.18. The molecular weight excluding hydrogens is 226 g/mol. The molecule has 3 N–H and O–H groups in total. The number of ether oxygens (including phenoxy) is 1. The zero-order chi connectivity index (χ0) is 13.3. The summed E-state index contributed by atoms with van der Waals surface area (Å²) in [5, 5.41) is 10.7. The third-order valence-corrected chi connectivity index (χ3v) is 4.30. The summed E-state index contributed by atoms with van der Waals surface area (Å²) in [7, 11) is 0. The Labute approximate surface area is 109 Å². The van der Waals surface area contributed by atoms with Crippen molar-refractivity contribution in [3.8, 4) is 0 Å². The molecule has 0 amide bonds. The van der Waals surface area contributed by atoms with Crippen LogP contribution in [0.4, 0.5) is 0 Å². The lowest BCUT2D eigenvalue weighted by molar-refractivity contribution is 0.0186. The standard InChI is InChI=1S/C15H23NO2/c1-10-6-12(3)13(7-11(10)2)14(17)15(8-16)4-5-18-9-15/h6-7,14,17H,4-5,8-9,16H2,1-3H3. The largest absolute Gasteiger partial charge is 0.388 e. The van der Waals surface area contributed by atoms with E-state index < -0.39 is 6.10 Å². The van der Waals surface area contributed by atoms with Crippen molar-refractivity contribution in [2.24, 2.45) is 11.1 Å². The maximum absolute atomic E-state index is 10.7. The highest BCUT2D eigenvalue weighted by molar-refractivity contribution is 5.38. The molecule has 100 valence electrons. The fraction of sp³-hybridized carbons (Fsp3) is 0.600. The van der Waals surface area contributed by atoms with E-state index in [1.807, 2.05) is 6.92 Å². The van der Waals surface area contributed by atoms with Gasteiger partial charge in [-0.05, 0) is 49.4 Å². The van der Waals surface area contributed by atoms with Crippen LogP contribution in [0.15, 0.2) is 12.1 Å². The van der Waals surface area contributed by atoms with Crippen LogP contribution in [0.2, 0.25) is 0 Å². The van der Waals surface area contributed by atoms with Gasteiger partial charge in [-0.15, -0.1) is 0 Å². The zero-order valence-corrected chi connectivity index (χ0v) is 11.5. The Morgan fingerprint density at radius 1 is 1.28 bits per heavy atom. The Balaban J connectivity index is 2.39. The molecule has 0 radical (unpaired) electrons. The lowest BCUT2D eigenvalue weighted by atomic mass is 9.76. The number of aryl methyl sites for hydroxylation is 3. The van der Waals surface area contributed by atoms with Gasteiger partial charge < -0.3 is 15.6 Å². The van der Waals surface area contributed by atoms with Gasteiger partial charge in [0.2, 0.25) is 0 Å². The smallest absolute Gasteiger partial charge is 0.0883 e. The molecule has 2 rings (SSSR count). The number of benzene rings is 1. The molecule has 0 aliphatic carbocycles. The topological polar surface area (TPSA) is 55.5 Å². The molecule has 1 aliphatic rings. The molecule has 1 heterocycles. The molecule has 0 saturated carbocycles. The zero-order valence-electron chi connectivity index (χ0n) is 11.5. The number of aliphatic hydroxyl groups excluding tert-OH is 1. The average Bonchev–Trinajstić information content (AvgIpc) is 2.83. The monoisotopic (exact) mass is 249 g/mol. The number of hydrogen-bond acceptors (Lipinski definition) is 3. The van der Waals surface area contributed by atoms with Gasteiger partial charge in [-0.1, -0.05) is 12.1 Å². The Bertz CT molecular complexity index is 436. The van der Waals surface area contributed by atoms with Crippen molar-refractivity contribution >= 4 is 0 Å². The molecule has 1 saturated heterocycles. The third-order valence-electron chi connectivity index (χ3n) is 4.30. The first kappa shape index (κ1) is 13.5. The Kier molecular flexibility index (Phi) is 3.76. The van der Waals surface area contributed by atoms with Gasteiger partial charge in [0, 0.05) is 18.6 Å². The number of rotatable bonds is 3. The minimum Gasteiger partial charge on any atom is -0.388 e. The first-order chi connectivity index (χ1) is 8.50. The maximum Gasteiger partial charge on any atom is 0.0883 e. The fourth-order valence-corrected chi connectivity index (χ4v) is 2.72. The summed E-state index contributed by atoms with van der Waals surface area (Å²) in [5.74, 6) is 0. The highest BCUT2D eigenvalue weighted by Gasteiger charge is 2.41. The highest BCUT2D eigenvalue weighted by Crippen LogP contribution is 2.41. The van der Waals surface area contributed by atoms with Gasteiger partial charge in [0.05, 0.1) is 12.7 Å². The van der Waals surface area contributed by atoms with Crippen LogP contribution in [0.25, 0.3) is 0 Å². The quantitative estimate of drug-likeness (QED) is 0.861. The van der Waals surface area contributed by atoms with Gasteiger partial charge in [-0.2, -0.15) is 0 Å². The second-order valence-corrected chi connectivity index (χ2v) is 5.56. The van der Waals surface area contributed by atoms with Crippen LogP contribution in [0.1, 0.15) is 34.8 Å². The van der Waals surface area contributed by atoms with Crippen LogP contribution in [0.5, 0.6) is 0 Å². The van der Waals surface area contributed by atoms with Crippen LogP contribution in [-0.2, 0) is 4.74 Å². The second-order valence-electron chi connectivity index (χ2n) is 5.56.